The van der Waals surface area contributed by atoms with Gasteiger partial charge >= 0.3 is 0 Å². The van der Waals surface area contributed by atoms with Crippen LogP contribution in [-0.2, 0) is 11.2 Å². The van der Waals surface area contributed by atoms with Crippen LogP contribution < -0.4 is 15.4 Å². The van der Waals surface area contributed by atoms with E-state index in [-0.39, 0.29) is 12.5 Å². The van der Waals surface area contributed by atoms with E-state index in [9.17, 15) is 4.79 Å². The summed E-state index contributed by atoms with van der Waals surface area (Å²) in [5.74, 6) is 0.721. The van der Waals surface area contributed by atoms with Gasteiger partial charge in [-0.25, -0.2) is 0 Å². The van der Waals surface area contributed by atoms with Gasteiger partial charge in [0.1, 0.15) is 5.75 Å². The van der Waals surface area contributed by atoms with E-state index in [0.29, 0.717) is 28.7 Å². The van der Waals surface area contributed by atoms with Crippen LogP contribution in [0, 0.1) is 0 Å². The summed E-state index contributed by atoms with van der Waals surface area (Å²) in [6.07, 6.45) is 0.706. The Morgan fingerprint density at radius 2 is 1.96 bits per heavy atom. The van der Waals surface area contributed by atoms with Gasteiger partial charge in [-0.15, -0.1) is 0 Å². The molecule has 0 unspecified atom stereocenters. The quantitative estimate of drug-likeness (QED) is 0.797. The monoisotopic (exact) mass is 352 g/mol. The molecule has 0 aliphatic carbocycles. The summed E-state index contributed by atoms with van der Waals surface area (Å²) < 4.78 is 5.28. The minimum Gasteiger partial charge on any atom is -0.496 e. The molecule has 0 saturated heterocycles. The number of nitrogens with one attached hydrogen (secondary N) is 2. The van der Waals surface area contributed by atoms with E-state index in [4.69, 9.17) is 27.9 Å². The van der Waals surface area contributed by atoms with Crippen molar-refractivity contribution in [1.29, 1.82) is 0 Å². The summed E-state index contributed by atoms with van der Waals surface area (Å²) >= 11 is 11.9. The van der Waals surface area contributed by atoms with Crippen LogP contribution in [0.4, 0.5) is 5.69 Å². The molecule has 0 heterocycles. The molecule has 0 fully saturated rings. The number of hydrogen-bond acceptors (Lipinski definition) is 3. The van der Waals surface area contributed by atoms with Gasteiger partial charge in [-0.2, -0.15) is 0 Å². The van der Waals surface area contributed by atoms with E-state index in [0.717, 1.165) is 11.3 Å². The number of ether oxygens (including phenoxy) is 1. The molecule has 0 aliphatic heterocycles. The van der Waals surface area contributed by atoms with Crippen LogP contribution in [-0.4, -0.2) is 26.1 Å². The van der Waals surface area contributed by atoms with Crippen LogP contribution >= 0.6 is 23.2 Å². The Morgan fingerprint density at radius 1 is 1.17 bits per heavy atom. The average Bonchev–Trinajstić information content (AvgIpc) is 2.54. The van der Waals surface area contributed by atoms with Crippen LogP contribution in [0.1, 0.15) is 5.56 Å². The van der Waals surface area contributed by atoms with Gasteiger partial charge in [-0.05, 0) is 36.2 Å². The highest BCUT2D eigenvalue weighted by Gasteiger charge is 2.06. The van der Waals surface area contributed by atoms with Gasteiger partial charge in [-0.3, -0.25) is 4.79 Å². The molecule has 6 heteroatoms. The second kappa shape index (κ2) is 8.65. The number of hydrogen-bond donors (Lipinski definition) is 2. The summed E-state index contributed by atoms with van der Waals surface area (Å²) in [7, 11) is 1.64. The molecular formula is C17H18Cl2N2O2. The summed E-state index contributed by atoms with van der Waals surface area (Å²) in [6.45, 7) is 0.683. The molecule has 4 nitrogen and oxygen atoms in total. The maximum atomic E-state index is 11.9. The standard InChI is InChI=1S/C17H18Cl2N2O2/c1-23-16-5-3-2-4-12(16)8-9-20-17(22)11-21-15-7-6-13(18)10-14(15)19/h2-7,10,21H,8-9,11H2,1H3,(H,20,22). The Balaban J connectivity index is 1.77. The maximum Gasteiger partial charge on any atom is 0.239 e. The number of methoxy groups -OCH3 is 1. The number of halogens is 2. The SMILES string of the molecule is COc1ccccc1CCNC(=O)CNc1ccc(Cl)cc1Cl. The minimum absolute atomic E-state index is 0.106. The van der Waals surface area contributed by atoms with Crippen molar-refractivity contribution in [3.8, 4) is 5.75 Å². The van der Waals surface area contributed by atoms with E-state index in [1.54, 1.807) is 25.3 Å². The molecule has 0 spiro atoms. The van der Waals surface area contributed by atoms with Crippen molar-refractivity contribution in [1.82, 2.24) is 5.32 Å². The molecule has 122 valence electrons. The fourth-order valence-electron chi connectivity index (χ4n) is 2.12. The largest absolute Gasteiger partial charge is 0.496 e. The van der Waals surface area contributed by atoms with E-state index in [2.05, 4.69) is 10.6 Å². The van der Waals surface area contributed by atoms with E-state index >= 15 is 0 Å². The Hall–Kier alpha value is -1.91. The van der Waals surface area contributed by atoms with Crippen LogP contribution in [0.2, 0.25) is 10.0 Å². The van der Waals surface area contributed by atoms with Crippen molar-refractivity contribution in [3.05, 3.63) is 58.1 Å². The zero-order valence-electron chi connectivity index (χ0n) is 12.7. The molecule has 2 aromatic rings. The van der Waals surface area contributed by atoms with Crippen molar-refractivity contribution in [3.63, 3.8) is 0 Å². The molecule has 0 aromatic heterocycles. The van der Waals surface area contributed by atoms with Crippen molar-refractivity contribution in [2.45, 2.75) is 6.42 Å². The third-order valence-corrected chi connectivity index (χ3v) is 3.83. The molecule has 2 N–H and O–H groups in total. The van der Waals surface area contributed by atoms with E-state index < -0.39 is 0 Å². The van der Waals surface area contributed by atoms with Crippen LogP contribution in [0.5, 0.6) is 5.75 Å². The molecule has 2 rings (SSSR count). The molecule has 0 aliphatic rings. The van der Waals surface area contributed by atoms with Gasteiger partial charge in [-0.1, -0.05) is 41.4 Å². The zero-order chi connectivity index (χ0) is 16.7. The van der Waals surface area contributed by atoms with Gasteiger partial charge in [0, 0.05) is 11.6 Å². The summed E-state index contributed by atoms with van der Waals surface area (Å²) in [5.41, 5.74) is 1.74. The first-order chi connectivity index (χ1) is 11.1. The van der Waals surface area contributed by atoms with Gasteiger partial charge in [0.25, 0.3) is 0 Å². The molecular weight excluding hydrogens is 335 g/mol. The summed E-state index contributed by atoms with van der Waals surface area (Å²) in [6, 6.07) is 12.8. The third kappa shape index (κ3) is 5.34. The predicted molar refractivity (Wildman–Crippen MR) is 94.7 cm³/mol. The van der Waals surface area contributed by atoms with Crippen molar-refractivity contribution < 1.29 is 9.53 Å². The van der Waals surface area contributed by atoms with Crippen LogP contribution in [0.3, 0.4) is 0 Å². The lowest BCUT2D eigenvalue weighted by Crippen LogP contribution is -2.31. The van der Waals surface area contributed by atoms with Gasteiger partial charge in [0.15, 0.2) is 0 Å². The smallest absolute Gasteiger partial charge is 0.239 e. The third-order valence-electron chi connectivity index (χ3n) is 3.28. The Morgan fingerprint density at radius 3 is 2.70 bits per heavy atom. The number of para-hydroxylation sites is 1. The first-order valence-electron chi connectivity index (χ1n) is 7.17. The number of rotatable bonds is 7. The molecule has 2 aromatic carbocycles. The van der Waals surface area contributed by atoms with Gasteiger partial charge in [0.2, 0.25) is 5.91 Å². The fraction of sp³-hybridized carbons (Fsp3) is 0.235. The number of amides is 1. The number of benzene rings is 2. The lowest BCUT2D eigenvalue weighted by atomic mass is 10.1. The topological polar surface area (TPSA) is 50.4 Å². The van der Waals surface area contributed by atoms with Crippen LogP contribution in [0.15, 0.2) is 42.5 Å². The summed E-state index contributed by atoms with van der Waals surface area (Å²) in [5, 5.41) is 6.88. The number of carbonyl (C=O) groups is 1. The first kappa shape index (κ1) is 17.4. The van der Waals surface area contributed by atoms with Gasteiger partial charge in [0.05, 0.1) is 24.4 Å². The van der Waals surface area contributed by atoms with E-state index in [1.165, 1.54) is 0 Å². The normalized spacial score (nSPS) is 10.2. The minimum atomic E-state index is -0.106. The molecule has 0 bridgehead atoms. The average molecular weight is 353 g/mol. The molecule has 0 saturated carbocycles. The fourth-order valence-corrected chi connectivity index (χ4v) is 2.59. The molecule has 1 amide bonds. The first-order valence-corrected chi connectivity index (χ1v) is 7.93. The lowest BCUT2D eigenvalue weighted by Gasteiger charge is -2.11. The highest BCUT2D eigenvalue weighted by molar-refractivity contribution is 6.36. The van der Waals surface area contributed by atoms with Crippen molar-refractivity contribution >= 4 is 34.8 Å². The molecule has 23 heavy (non-hydrogen) atoms. The predicted octanol–water partition coefficient (Wildman–Crippen LogP) is 3.77. The Kier molecular flexibility index (Phi) is 6.56. The Bertz CT molecular complexity index is 677. The second-order valence-electron chi connectivity index (χ2n) is 4.89. The number of anilines is 1. The van der Waals surface area contributed by atoms with Crippen molar-refractivity contribution in [2.24, 2.45) is 0 Å². The van der Waals surface area contributed by atoms with Gasteiger partial charge < -0.3 is 15.4 Å². The molecule has 0 radical (unpaired) electrons. The van der Waals surface area contributed by atoms with Crippen LogP contribution in [0.25, 0.3) is 0 Å². The lowest BCUT2D eigenvalue weighted by molar-refractivity contribution is -0.119. The maximum absolute atomic E-state index is 11.9. The van der Waals surface area contributed by atoms with Crippen molar-refractivity contribution in [2.75, 3.05) is 25.5 Å². The second-order valence-corrected chi connectivity index (χ2v) is 5.73. The number of carbonyl (C=O) groups excluding carboxylic acids is 1. The molecule has 0 atom stereocenters. The Labute approximate surface area is 145 Å². The highest BCUT2D eigenvalue weighted by atomic mass is 35.5. The highest BCUT2D eigenvalue weighted by Crippen LogP contribution is 2.25. The zero-order valence-corrected chi connectivity index (χ0v) is 14.2. The summed E-state index contributed by atoms with van der Waals surface area (Å²) in [4.78, 5) is 11.9. The van der Waals surface area contributed by atoms with E-state index in [1.807, 2.05) is 24.3 Å².